The lowest BCUT2D eigenvalue weighted by Crippen LogP contribution is -2.15. The van der Waals surface area contributed by atoms with E-state index >= 15 is 0 Å². The SMILES string of the molecule is CC(c1nnnn1C)S(=O)(=O)c1ccc(O)cc1. The normalized spacial score (nSPS) is 13.4. The summed E-state index contributed by atoms with van der Waals surface area (Å²) in [6.45, 7) is 1.52. The van der Waals surface area contributed by atoms with E-state index in [1.807, 2.05) is 0 Å². The van der Waals surface area contributed by atoms with Gasteiger partial charge in [-0.1, -0.05) is 0 Å². The number of aryl methyl sites for hydroxylation is 1. The van der Waals surface area contributed by atoms with Crippen LogP contribution in [0.25, 0.3) is 0 Å². The van der Waals surface area contributed by atoms with Crippen molar-refractivity contribution in [1.82, 2.24) is 20.2 Å². The maximum absolute atomic E-state index is 12.3. The Morgan fingerprint density at radius 1 is 1.28 bits per heavy atom. The van der Waals surface area contributed by atoms with Crippen molar-refractivity contribution in [1.29, 1.82) is 0 Å². The second-order valence-corrected chi connectivity index (χ2v) is 6.11. The predicted molar refractivity (Wildman–Crippen MR) is 62.5 cm³/mol. The zero-order chi connectivity index (χ0) is 13.3. The quantitative estimate of drug-likeness (QED) is 0.868. The van der Waals surface area contributed by atoms with E-state index in [9.17, 15) is 8.42 Å². The Morgan fingerprint density at radius 3 is 2.39 bits per heavy atom. The summed E-state index contributed by atoms with van der Waals surface area (Å²) >= 11 is 0. The van der Waals surface area contributed by atoms with Crippen molar-refractivity contribution >= 4 is 9.84 Å². The number of phenolic OH excluding ortho intramolecular Hbond substituents is 1. The Balaban J connectivity index is 2.43. The molecule has 0 saturated heterocycles. The first-order chi connectivity index (χ1) is 8.43. The second kappa shape index (κ2) is 4.37. The lowest BCUT2D eigenvalue weighted by Gasteiger charge is -2.11. The molecule has 1 unspecified atom stereocenters. The fraction of sp³-hybridized carbons (Fsp3) is 0.300. The third-order valence-corrected chi connectivity index (χ3v) is 4.72. The number of hydrogen-bond acceptors (Lipinski definition) is 6. The molecule has 1 heterocycles. The highest BCUT2D eigenvalue weighted by molar-refractivity contribution is 7.91. The first-order valence-electron chi connectivity index (χ1n) is 5.18. The molecular weight excluding hydrogens is 256 g/mol. The van der Waals surface area contributed by atoms with Crippen molar-refractivity contribution in [2.45, 2.75) is 17.1 Å². The van der Waals surface area contributed by atoms with E-state index in [4.69, 9.17) is 5.11 Å². The molecule has 0 amide bonds. The molecule has 1 aromatic heterocycles. The number of hydrogen-bond donors (Lipinski definition) is 1. The molecule has 8 heteroatoms. The number of tetrazole rings is 1. The van der Waals surface area contributed by atoms with E-state index in [0.717, 1.165) is 0 Å². The molecule has 2 rings (SSSR count). The van der Waals surface area contributed by atoms with Gasteiger partial charge in [-0.05, 0) is 41.6 Å². The van der Waals surface area contributed by atoms with Crippen LogP contribution in [0, 0.1) is 0 Å². The number of phenols is 1. The van der Waals surface area contributed by atoms with Gasteiger partial charge in [0, 0.05) is 7.05 Å². The number of benzene rings is 1. The van der Waals surface area contributed by atoms with Gasteiger partial charge < -0.3 is 5.11 Å². The fourth-order valence-corrected chi connectivity index (χ4v) is 2.96. The van der Waals surface area contributed by atoms with Crippen LogP contribution in [0.3, 0.4) is 0 Å². The van der Waals surface area contributed by atoms with Crippen LogP contribution in [0.2, 0.25) is 0 Å². The molecule has 0 fully saturated rings. The minimum atomic E-state index is -3.58. The van der Waals surface area contributed by atoms with Crippen molar-refractivity contribution in [2.75, 3.05) is 0 Å². The van der Waals surface area contributed by atoms with E-state index in [1.54, 1.807) is 7.05 Å². The van der Waals surface area contributed by atoms with Crippen molar-refractivity contribution < 1.29 is 13.5 Å². The smallest absolute Gasteiger partial charge is 0.188 e. The van der Waals surface area contributed by atoms with Crippen LogP contribution in [0.5, 0.6) is 5.75 Å². The summed E-state index contributed by atoms with van der Waals surface area (Å²) in [5.74, 6) is 0.282. The number of aromatic hydroxyl groups is 1. The zero-order valence-corrected chi connectivity index (χ0v) is 10.7. The summed E-state index contributed by atoms with van der Waals surface area (Å²) in [7, 11) is -1.99. The third-order valence-electron chi connectivity index (χ3n) is 2.65. The van der Waals surface area contributed by atoms with Gasteiger partial charge in [0.1, 0.15) is 11.0 Å². The molecule has 0 radical (unpaired) electrons. The van der Waals surface area contributed by atoms with Gasteiger partial charge in [0.2, 0.25) is 0 Å². The minimum Gasteiger partial charge on any atom is -0.508 e. The molecule has 18 heavy (non-hydrogen) atoms. The molecule has 2 aromatic rings. The number of sulfone groups is 1. The molecule has 7 nitrogen and oxygen atoms in total. The predicted octanol–water partition coefficient (Wildman–Crippen LogP) is 0.451. The van der Waals surface area contributed by atoms with Crippen LogP contribution in [-0.4, -0.2) is 33.7 Å². The van der Waals surface area contributed by atoms with Crippen LogP contribution >= 0.6 is 0 Å². The summed E-state index contributed by atoms with van der Waals surface area (Å²) in [6.07, 6.45) is 0. The molecule has 96 valence electrons. The maximum atomic E-state index is 12.3. The van der Waals surface area contributed by atoms with Crippen molar-refractivity contribution in [2.24, 2.45) is 7.05 Å². The van der Waals surface area contributed by atoms with Gasteiger partial charge >= 0.3 is 0 Å². The third kappa shape index (κ3) is 2.06. The Hall–Kier alpha value is -1.96. The number of nitrogens with zero attached hydrogens (tertiary/aromatic N) is 4. The largest absolute Gasteiger partial charge is 0.508 e. The lowest BCUT2D eigenvalue weighted by molar-refractivity contribution is 0.474. The number of aromatic nitrogens is 4. The first kappa shape index (κ1) is 12.5. The van der Waals surface area contributed by atoms with Crippen LogP contribution in [0.4, 0.5) is 0 Å². The Kier molecular flexibility index (Phi) is 3.04. The molecule has 0 aliphatic heterocycles. The summed E-state index contributed by atoms with van der Waals surface area (Å²) in [4.78, 5) is 0.121. The van der Waals surface area contributed by atoms with E-state index in [0.29, 0.717) is 0 Å². The number of rotatable bonds is 3. The van der Waals surface area contributed by atoms with Gasteiger partial charge in [-0.15, -0.1) is 5.10 Å². The molecule has 0 aliphatic rings. The van der Waals surface area contributed by atoms with Crippen LogP contribution in [-0.2, 0) is 16.9 Å². The fourth-order valence-electron chi connectivity index (χ4n) is 1.56. The summed E-state index contributed by atoms with van der Waals surface area (Å²) in [5.41, 5.74) is 0. The van der Waals surface area contributed by atoms with Crippen molar-refractivity contribution in [3.8, 4) is 5.75 Å². The molecule has 0 saturated carbocycles. The van der Waals surface area contributed by atoms with E-state index in [2.05, 4.69) is 15.5 Å². The highest BCUT2D eigenvalue weighted by atomic mass is 32.2. The van der Waals surface area contributed by atoms with Crippen LogP contribution in [0.15, 0.2) is 29.2 Å². The van der Waals surface area contributed by atoms with Gasteiger partial charge in [0.25, 0.3) is 0 Å². The Bertz CT molecular complexity index is 648. The van der Waals surface area contributed by atoms with E-state index < -0.39 is 15.1 Å². The van der Waals surface area contributed by atoms with Gasteiger partial charge in [0.15, 0.2) is 15.7 Å². The molecule has 1 aromatic carbocycles. The Labute approximate surface area is 104 Å². The van der Waals surface area contributed by atoms with Gasteiger partial charge in [-0.2, -0.15) is 0 Å². The average Bonchev–Trinajstić information content (AvgIpc) is 2.75. The molecule has 0 aliphatic carbocycles. The van der Waals surface area contributed by atoms with E-state index in [-0.39, 0.29) is 16.5 Å². The van der Waals surface area contributed by atoms with Crippen LogP contribution < -0.4 is 0 Å². The molecular formula is C10H12N4O3S. The average molecular weight is 268 g/mol. The standard InChI is InChI=1S/C10H12N4O3S/c1-7(10-11-12-13-14(10)2)18(16,17)9-5-3-8(15)4-6-9/h3-7,15H,1-2H3. The monoisotopic (exact) mass is 268 g/mol. The summed E-state index contributed by atoms with van der Waals surface area (Å²) < 4.78 is 25.9. The van der Waals surface area contributed by atoms with Crippen LogP contribution in [0.1, 0.15) is 18.0 Å². The Morgan fingerprint density at radius 2 is 1.89 bits per heavy atom. The van der Waals surface area contributed by atoms with Crippen molar-refractivity contribution in [3.05, 3.63) is 30.1 Å². The minimum absolute atomic E-state index is 0.0157. The van der Waals surface area contributed by atoms with E-state index in [1.165, 1.54) is 35.9 Å². The second-order valence-electron chi connectivity index (χ2n) is 3.84. The summed E-state index contributed by atoms with van der Waals surface area (Å²) in [5, 5.41) is 19.0. The summed E-state index contributed by atoms with van der Waals surface area (Å²) in [6, 6.07) is 5.36. The molecule has 0 bridgehead atoms. The lowest BCUT2D eigenvalue weighted by atomic mass is 10.3. The highest BCUT2D eigenvalue weighted by Crippen LogP contribution is 2.27. The first-order valence-corrected chi connectivity index (χ1v) is 6.72. The van der Waals surface area contributed by atoms with Gasteiger partial charge in [0.05, 0.1) is 4.90 Å². The van der Waals surface area contributed by atoms with Crippen molar-refractivity contribution in [3.63, 3.8) is 0 Å². The molecule has 0 spiro atoms. The highest BCUT2D eigenvalue weighted by Gasteiger charge is 2.28. The zero-order valence-electron chi connectivity index (χ0n) is 9.85. The van der Waals surface area contributed by atoms with Gasteiger partial charge in [-0.25, -0.2) is 13.1 Å². The molecule has 1 N–H and O–H groups in total. The van der Waals surface area contributed by atoms with Gasteiger partial charge in [-0.3, -0.25) is 0 Å². The maximum Gasteiger partial charge on any atom is 0.188 e. The molecule has 1 atom stereocenters. The topological polar surface area (TPSA) is 98.0 Å².